The second kappa shape index (κ2) is 9.41. The molecule has 0 radical (unpaired) electrons. The van der Waals surface area contributed by atoms with Crippen molar-refractivity contribution in [3.63, 3.8) is 0 Å². The van der Waals surface area contributed by atoms with E-state index >= 15 is 0 Å². The largest absolute Gasteiger partial charge is 0.488 e. The number of furan rings is 1. The highest BCUT2D eigenvalue weighted by Crippen LogP contribution is 2.20. The molecule has 0 unspecified atom stereocenters. The summed E-state index contributed by atoms with van der Waals surface area (Å²) in [5.74, 6) is 0.130. The van der Waals surface area contributed by atoms with Crippen LogP contribution < -0.4 is 4.74 Å². The zero-order chi connectivity index (χ0) is 19.8. The van der Waals surface area contributed by atoms with Gasteiger partial charge in [-0.1, -0.05) is 42.5 Å². The minimum atomic E-state index is -0.608. The number of rotatable bonds is 8. The Morgan fingerprint density at radius 2 is 1.71 bits per heavy atom. The third kappa shape index (κ3) is 5.23. The smallest absolute Gasteiger partial charge is 0.342 e. The number of esters is 1. The molecule has 0 aliphatic rings. The maximum atomic E-state index is 12.4. The van der Waals surface area contributed by atoms with Crippen molar-refractivity contribution < 1.29 is 23.5 Å². The van der Waals surface area contributed by atoms with Crippen molar-refractivity contribution in [2.75, 3.05) is 13.7 Å². The zero-order valence-electron chi connectivity index (χ0n) is 15.5. The fourth-order valence-corrected chi connectivity index (χ4v) is 2.54. The van der Waals surface area contributed by atoms with Crippen molar-refractivity contribution in [1.29, 1.82) is 0 Å². The van der Waals surface area contributed by atoms with E-state index in [0.29, 0.717) is 24.7 Å². The Labute approximate surface area is 163 Å². The van der Waals surface area contributed by atoms with Crippen molar-refractivity contribution in [2.24, 2.45) is 0 Å². The van der Waals surface area contributed by atoms with E-state index in [2.05, 4.69) is 0 Å². The number of likely N-dealkylation sites (N-methyl/N-ethyl adjacent to an activating group) is 1. The number of nitrogens with zero attached hydrogens (tertiary/aromatic N) is 1. The standard InChI is InChI=1S/C22H21NO5/c1-23(14-18-10-7-13-26-18)21(24)16-28-22(25)19-11-5-6-12-20(19)27-15-17-8-3-2-4-9-17/h2-13H,14-16H2,1H3. The van der Waals surface area contributed by atoms with Crippen LogP contribution >= 0.6 is 0 Å². The SMILES string of the molecule is CN(Cc1ccco1)C(=O)COC(=O)c1ccccc1OCc1ccccc1. The van der Waals surface area contributed by atoms with E-state index in [9.17, 15) is 9.59 Å². The Morgan fingerprint density at radius 1 is 0.964 bits per heavy atom. The molecule has 0 bridgehead atoms. The summed E-state index contributed by atoms with van der Waals surface area (Å²) >= 11 is 0. The van der Waals surface area contributed by atoms with E-state index in [0.717, 1.165) is 5.56 Å². The average Bonchev–Trinajstić information content (AvgIpc) is 3.24. The fourth-order valence-electron chi connectivity index (χ4n) is 2.54. The average molecular weight is 379 g/mol. The molecule has 28 heavy (non-hydrogen) atoms. The van der Waals surface area contributed by atoms with Gasteiger partial charge in [-0.05, 0) is 29.8 Å². The first-order valence-corrected chi connectivity index (χ1v) is 8.82. The molecule has 3 rings (SSSR count). The molecule has 0 aliphatic heterocycles. The summed E-state index contributed by atoms with van der Waals surface area (Å²) in [7, 11) is 1.62. The van der Waals surface area contributed by atoms with Gasteiger partial charge in [-0.25, -0.2) is 4.79 Å². The Bertz CT molecular complexity index is 906. The third-order valence-corrected chi connectivity index (χ3v) is 4.07. The molecule has 0 atom stereocenters. The lowest BCUT2D eigenvalue weighted by Gasteiger charge is -2.16. The van der Waals surface area contributed by atoms with Crippen molar-refractivity contribution in [1.82, 2.24) is 4.90 Å². The predicted molar refractivity (Wildman–Crippen MR) is 103 cm³/mol. The van der Waals surface area contributed by atoms with Crippen LogP contribution in [-0.2, 0) is 22.7 Å². The van der Waals surface area contributed by atoms with Crippen molar-refractivity contribution in [3.8, 4) is 5.75 Å². The van der Waals surface area contributed by atoms with Crippen LogP contribution in [0.15, 0.2) is 77.4 Å². The third-order valence-electron chi connectivity index (χ3n) is 4.07. The molecule has 1 aromatic heterocycles. The molecule has 0 N–H and O–H groups in total. The number of hydrogen-bond donors (Lipinski definition) is 0. The first-order valence-electron chi connectivity index (χ1n) is 8.82. The number of amides is 1. The van der Waals surface area contributed by atoms with Gasteiger partial charge in [-0.3, -0.25) is 4.79 Å². The first-order chi connectivity index (χ1) is 13.6. The van der Waals surface area contributed by atoms with Gasteiger partial charge in [0.25, 0.3) is 5.91 Å². The zero-order valence-corrected chi connectivity index (χ0v) is 15.5. The van der Waals surface area contributed by atoms with Gasteiger partial charge in [-0.15, -0.1) is 0 Å². The van der Waals surface area contributed by atoms with E-state index in [1.54, 1.807) is 49.7 Å². The lowest BCUT2D eigenvalue weighted by Crippen LogP contribution is -2.30. The van der Waals surface area contributed by atoms with E-state index < -0.39 is 5.97 Å². The summed E-state index contributed by atoms with van der Waals surface area (Å²) in [6.07, 6.45) is 1.54. The molecule has 0 saturated heterocycles. The quantitative estimate of drug-likeness (QED) is 0.559. The van der Waals surface area contributed by atoms with Gasteiger partial charge < -0.3 is 18.8 Å². The Kier molecular flexibility index (Phi) is 6.46. The van der Waals surface area contributed by atoms with E-state index in [4.69, 9.17) is 13.9 Å². The molecular formula is C22H21NO5. The molecule has 0 spiro atoms. The minimum absolute atomic E-state index is 0.278. The maximum Gasteiger partial charge on any atom is 0.342 e. The topological polar surface area (TPSA) is 69.0 Å². The second-order valence-electron chi connectivity index (χ2n) is 6.18. The number of benzene rings is 2. The summed E-state index contributed by atoms with van der Waals surface area (Å²) in [6, 6.07) is 20.0. The van der Waals surface area contributed by atoms with Gasteiger partial charge >= 0.3 is 5.97 Å². The molecule has 6 heteroatoms. The predicted octanol–water partition coefficient (Wildman–Crippen LogP) is 3.67. The van der Waals surface area contributed by atoms with Crippen molar-refractivity contribution >= 4 is 11.9 Å². The van der Waals surface area contributed by atoms with Gasteiger partial charge in [0.1, 0.15) is 23.7 Å². The van der Waals surface area contributed by atoms with Crippen LogP contribution in [0.4, 0.5) is 0 Å². The highest BCUT2D eigenvalue weighted by molar-refractivity contribution is 5.93. The van der Waals surface area contributed by atoms with E-state index in [1.165, 1.54) is 4.90 Å². The molecule has 144 valence electrons. The lowest BCUT2D eigenvalue weighted by atomic mass is 10.2. The van der Waals surface area contributed by atoms with Gasteiger partial charge in [-0.2, -0.15) is 0 Å². The molecule has 3 aromatic rings. The summed E-state index contributed by atoms with van der Waals surface area (Å²) in [5, 5.41) is 0. The van der Waals surface area contributed by atoms with Crippen LogP contribution in [0, 0.1) is 0 Å². The highest BCUT2D eigenvalue weighted by Gasteiger charge is 2.17. The minimum Gasteiger partial charge on any atom is -0.488 e. The summed E-state index contributed by atoms with van der Waals surface area (Å²) in [6.45, 7) is 0.277. The van der Waals surface area contributed by atoms with Crippen LogP contribution in [0.25, 0.3) is 0 Å². The van der Waals surface area contributed by atoms with Crippen LogP contribution in [0.1, 0.15) is 21.7 Å². The van der Waals surface area contributed by atoms with Gasteiger partial charge in [0.2, 0.25) is 0 Å². The molecule has 2 aromatic carbocycles. The molecule has 6 nitrogen and oxygen atoms in total. The molecule has 0 fully saturated rings. The lowest BCUT2D eigenvalue weighted by molar-refractivity contribution is -0.134. The maximum absolute atomic E-state index is 12.4. The summed E-state index contributed by atoms with van der Waals surface area (Å²) < 4.78 is 16.2. The molecule has 1 amide bonds. The summed E-state index contributed by atoms with van der Waals surface area (Å²) in [4.78, 5) is 26.0. The Morgan fingerprint density at radius 3 is 2.46 bits per heavy atom. The van der Waals surface area contributed by atoms with Gasteiger partial charge in [0.15, 0.2) is 6.61 Å². The monoisotopic (exact) mass is 379 g/mol. The number of hydrogen-bond acceptors (Lipinski definition) is 5. The highest BCUT2D eigenvalue weighted by atomic mass is 16.5. The Balaban J connectivity index is 1.56. The number of para-hydroxylation sites is 1. The first kappa shape index (κ1) is 19.2. The van der Waals surface area contributed by atoms with Crippen LogP contribution in [-0.4, -0.2) is 30.4 Å². The van der Waals surface area contributed by atoms with Gasteiger partial charge in [0.05, 0.1) is 12.8 Å². The number of carbonyl (C=O) groups is 2. The molecule has 1 heterocycles. The second-order valence-corrected chi connectivity index (χ2v) is 6.18. The van der Waals surface area contributed by atoms with Crippen LogP contribution in [0.3, 0.4) is 0 Å². The summed E-state index contributed by atoms with van der Waals surface area (Å²) in [5.41, 5.74) is 1.26. The molecule has 0 saturated carbocycles. The molecule has 0 aliphatic carbocycles. The van der Waals surface area contributed by atoms with Crippen LogP contribution in [0.2, 0.25) is 0 Å². The fraction of sp³-hybridized carbons (Fsp3) is 0.182. The van der Waals surface area contributed by atoms with Crippen molar-refractivity contribution in [2.45, 2.75) is 13.2 Å². The van der Waals surface area contributed by atoms with Crippen molar-refractivity contribution in [3.05, 3.63) is 89.9 Å². The van der Waals surface area contributed by atoms with Crippen LogP contribution in [0.5, 0.6) is 5.75 Å². The number of ether oxygens (including phenoxy) is 2. The van der Waals surface area contributed by atoms with Gasteiger partial charge in [0, 0.05) is 7.05 Å². The Hall–Kier alpha value is -3.54. The number of carbonyl (C=O) groups excluding carboxylic acids is 2. The molecular weight excluding hydrogens is 358 g/mol. The van der Waals surface area contributed by atoms with E-state index in [1.807, 2.05) is 30.3 Å². The van der Waals surface area contributed by atoms with E-state index in [-0.39, 0.29) is 18.1 Å². The normalized spacial score (nSPS) is 10.3.